The molecule has 1 aliphatic carbocycles. The zero-order valence-electron chi connectivity index (χ0n) is 18.6. The Bertz CT molecular complexity index is 1030. The third-order valence-corrected chi connectivity index (χ3v) is 7.73. The van der Waals surface area contributed by atoms with Crippen LogP contribution in [0.4, 0.5) is 0 Å². The van der Waals surface area contributed by atoms with Gasteiger partial charge in [-0.3, -0.25) is 4.79 Å². The standard InChI is InChI=1S/C24H31ClN2O3S.ClH/c1-27(31(2,29)30)22-16-19-10-11-20(15-21(19)17-22)24(28)9-5-6-13-26-14-12-18-7-3-4-8-23(18)25;/h3-4,7-8,10-11,15,22,26H,5-6,9,12-14,16-17H2,1-2H3;1H. The minimum absolute atomic E-state index is 0. The third-order valence-electron chi connectivity index (χ3n) is 6.01. The van der Waals surface area contributed by atoms with Gasteiger partial charge in [-0.1, -0.05) is 41.9 Å². The zero-order valence-corrected chi connectivity index (χ0v) is 21.0. The van der Waals surface area contributed by atoms with E-state index in [0.717, 1.165) is 59.6 Å². The van der Waals surface area contributed by atoms with Gasteiger partial charge in [0, 0.05) is 30.1 Å². The summed E-state index contributed by atoms with van der Waals surface area (Å²) in [6.45, 7) is 1.74. The van der Waals surface area contributed by atoms with Gasteiger partial charge >= 0.3 is 0 Å². The molecule has 2 aromatic carbocycles. The van der Waals surface area contributed by atoms with Crippen LogP contribution in [0.25, 0.3) is 0 Å². The number of hydrogen-bond donors (Lipinski definition) is 1. The molecule has 176 valence electrons. The summed E-state index contributed by atoms with van der Waals surface area (Å²) in [5, 5.41) is 4.22. The maximum Gasteiger partial charge on any atom is 0.211 e. The Hall–Kier alpha value is -1.44. The van der Waals surface area contributed by atoms with Gasteiger partial charge in [-0.05, 0) is 74.0 Å². The molecule has 0 amide bonds. The molecule has 8 heteroatoms. The van der Waals surface area contributed by atoms with Crippen LogP contribution >= 0.6 is 24.0 Å². The fourth-order valence-electron chi connectivity index (χ4n) is 4.03. The number of Topliss-reactive ketones (excluding diaryl/α,β-unsaturated/α-hetero) is 1. The van der Waals surface area contributed by atoms with Gasteiger partial charge in [-0.2, -0.15) is 0 Å². The zero-order chi connectivity index (χ0) is 22.4. The van der Waals surface area contributed by atoms with E-state index in [1.807, 2.05) is 42.5 Å². The first-order valence-electron chi connectivity index (χ1n) is 10.8. The summed E-state index contributed by atoms with van der Waals surface area (Å²) in [5.74, 6) is 0.152. The number of likely N-dealkylation sites (N-methyl/N-ethyl adjacent to an activating group) is 1. The van der Waals surface area contributed by atoms with Gasteiger partial charge in [0.2, 0.25) is 10.0 Å². The van der Waals surface area contributed by atoms with Gasteiger partial charge in [-0.25, -0.2) is 12.7 Å². The van der Waals surface area contributed by atoms with Crippen LogP contribution in [0.2, 0.25) is 5.02 Å². The number of hydrogen-bond acceptors (Lipinski definition) is 4. The second-order valence-corrected chi connectivity index (χ2v) is 10.7. The largest absolute Gasteiger partial charge is 0.316 e. The number of fused-ring (bicyclic) bond motifs is 1. The van der Waals surface area contributed by atoms with E-state index in [2.05, 4.69) is 5.32 Å². The van der Waals surface area contributed by atoms with Crippen LogP contribution in [0.3, 0.4) is 0 Å². The Morgan fingerprint density at radius 1 is 1.09 bits per heavy atom. The number of carbonyl (C=O) groups is 1. The highest BCUT2D eigenvalue weighted by atomic mass is 35.5. The van der Waals surface area contributed by atoms with Gasteiger partial charge < -0.3 is 5.32 Å². The van der Waals surface area contributed by atoms with E-state index in [9.17, 15) is 13.2 Å². The lowest BCUT2D eigenvalue weighted by molar-refractivity contribution is 0.0979. The number of carbonyl (C=O) groups excluding carboxylic acids is 1. The van der Waals surface area contributed by atoms with Gasteiger partial charge in [0.15, 0.2) is 5.78 Å². The Morgan fingerprint density at radius 2 is 1.81 bits per heavy atom. The lowest BCUT2D eigenvalue weighted by atomic mass is 10.0. The highest BCUT2D eigenvalue weighted by molar-refractivity contribution is 7.88. The first-order chi connectivity index (χ1) is 14.8. The van der Waals surface area contributed by atoms with Crippen molar-refractivity contribution in [3.8, 4) is 0 Å². The number of sulfonamides is 1. The molecule has 0 radical (unpaired) electrons. The fraction of sp³-hybridized carbons (Fsp3) is 0.458. The monoisotopic (exact) mass is 498 g/mol. The summed E-state index contributed by atoms with van der Waals surface area (Å²) in [4.78, 5) is 12.6. The van der Waals surface area contributed by atoms with Crippen LogP contribution in [-0.2, 0) is 29.3 Å². The topological polar surface area (TPSA) is 66.5 Å². The average molecular weight is 500 g/mol. The molecule has 0 fully saturated rings. The van der Waals surface area contributed by atoms with E-state index in [1.54, 1.807) is 7.05 Å². The van der Waals surface area contributed by atoms with Crippen LogP contribution in [-0.4, -0.2) is 50.9 Å². The molecule has 1 aliphatic rings. The summed E-state index contributed by atoms with van der Waals surface area (Å²) >= 11 is 6.16. The van der Waals surface area contributed by atoms with E-state index in [4.69, 9.17) is 11.6 Å². The van der Waals surface area contributed by atoms with Gasteiger partial charge in [-0.15, -0.1) is 12.4 Å². The second kappa shape index (κ2) is 12.1. The molecular weight excluding hydrogens is 467 g/mol. The summed E-state index contributed by atoms with van der Waals surface area (Å²) in [6.07, 6.45) is 5.80. The van der Waals surface area contributed by atoms with Crippen molar-refractivity contribution < 1.29 is 13.2 Å². The summed E-state index contributed by atoms with van der Waals surface area (Å²) in [7, 11) is -1.59. The first kappa shape index (κ1) is 26.8. The van der Waals surface area contributed by atoms with Crippen LogP contribution in [0.15, 0.2) is 42.5 Å². The molecule has 1 N–H and O–H groups in total. The Labute approximate surface area is 203 Å². The van der Waals surface area contributed by atoms with E-state index in [0.29, 0.717) is 19.3 Å². The number of halogens is 2. The SMILES string of the molecule is CN(C1Cc2ccc(C(=O)CCCCNCCc3ccccc3Cl)cc2C1)S(C)(=O)=O.Cl. The maximum atomic E-state index is 12.6. The van der Waals surface area contributed by atoms with Crippen molar-refractivity contribution in [1.82, 2.24) is 9.62 Å². The smallest absolute Gasteiger partial charge is 0.211 e. The van der Waals surface area contributed by atoms with E-state index < -0.39 is 10.0 Å². The fourth-order valence-corrected chi connectivity index (χ4v) is 4.95. The average Bonchev–Trinajstić information content (AvgIpc) is 3.16. The van der Waals surface area contributed by atoms with Crippen LogP contribution < -0.4 is 5.32 Å². The van der Waals surface area contributed by atoms with Gasteiger partial charge in [0.25, 0.3) is 0 Å². The molecule has 2 aromatic rings. The molecular formula is C24H32Cl2N2O3S. The molecule has 0 spiro atoms. The number of nitrogens with one attached hydrogen (secondary N) is 1. The van der Waals surface area contributed by atoms with Crippen molar-refractivity contribution in [2.75, 3.05) is 26.4 Å². The minimum atomic E-state index is -3.22. The number of rotatable bonds is 11. The van der Waals surface area contributed by atoms with Crippen molar-refractivity contribution >= 4 is 39.8 Å². The molecule has 0 heterocycles. The van der Waals surface area contributed by atoms with Crippen molar-refractivity contribution in [2.45, 2.75) is 44.6 Å². The van der Waals surface area contributed by atoms with Crippen LogP contribution in [0.1, 0.15) is 46.3 Å². The van der Waals surface area contributed by atoms with E-state index >= 15 is 0 Å². The van der Waals surface area contributed by atoms with Crippen LogP contribution in [0, 0.1) is 0 Å². The lowest BCUT2D eigenvalue weighted by Crippen LogP contribution is -2.36. The van der Waals surface area contributed by atoms with Crippen molar-refractivity contribution in [3.63, 3.8) is 0 Å². The van der Waals surface area contributed by atoms with Crippen molar-refractivity contribution in [3.05, 3.63) is 69.7 Å². The number of unbranched alkanes of at least 4 members (excludes halogenated alkanes) is 1. The van der Waals surface area contributed by atoms with E-state index in [-0.39, 0.29) is 24.2 Å². The van der Waals surface area contributed by atoms with E-state index in [1.165, 1.54) is 10.6 Å². The van der Waals surface area contributed by atoms with Gasteiger partial charge in [0.05, 0.1) is 6.26 Å². The Morgan fingerprint density at radius 3 is 2.53 bits per heavy atom. The first-order valence-corrected chi connectivity index (χ1v) is 13.0. The normalized spacial score (nSPS) is 15.4. The Balaban J connectivity index is 0.00000363. The molecule has 5 nitrogen and oxygen atoms in total. The van der Waals surface area contributed by atoms with Crippen molar-refractivity contribution in [2.24, 2.45) is 0 Å². The Kier molecular flexibility index (Phi) is 10.2. The molecule has 0 bridgehead atoms. The predicted octanol–water partition coefficient (Wildman–Crippen LogP) is 4.31. The molecule has 3 rings (SSSR count). The number of nitrogens with zero attached hydrogens (tertiary/aromatic N) is 1. The molecule has 0 aliphatic heterocycles. The lowest BCUT2D eigenvalue weighted by Gasteiger charge is -2.21. The molecule has 1 unspecified atom stereocenters. The quantitative estimate of drug-likeness (QED) is 0.370. The summed E-state index contributed by atoms with van der Waals surface area (Å²) in [5.41, 5.74) is 4.11. The minimum Gasteiger partial charge on any atom is -0.316 e. The number of ketones is 1. The second-order valence-electron chi connectivity index (χ2n) is 8.30. The molecule has 0 saturated heterocycles. The van der Waals surface area contributed by atoms with Crippen molar-refractivity contribution in [1.29, 1.82) is 0 Å². The highest BCUT2D eigenvalue weighted by Gasteiger charge is 2.29. The highest BCUT2D eigenvalue weighted by Crippen LogP contribution is 2.27. The molecule has 1 atom stereocenters. The third kappa shape index (κ3) is 7.29. The molecule has 0 saturated carbocycles. The summed E-state index contributed by atoms with van der Waals surface area (Å²) in [6, 6.07) is 13.6. The maximum absolute atomic E-state index is 12.6. The number of benzene rings is 2. The predicted molar refractivity (Wildman–Crippen MR) is 134 cm³/mol. The summed E-state index contributed by atoms with van der Waals surface area (Å²) < 4.78 is 25.0. The van der Waals surface area contributed by atoms with Gasteiger partial charge in [0.1, 0.15) is 0 Å². The molecule has 32 heavy (non-hydrogen) atoms. The molecule has 0 aromatic heterocycles. The van der Waals surface area contributed by atoms with Crippen LogP contribution in [0.5, 0.6) is 0 Å².